The van der Waals surface area contributed by atoms with Gasteiger partial charge in [0.25, 0.3) is 0 Å². The number of nitrogens with two attached hydrogens (primary N) is 1. The van der Waals surface area contributed by atoms with Gasteiger partial charge in [0.2, 0.25) is 0 Å². The van der Waals surface area contributed by atoms with Crippen LogP contribution in [0, 0.1) is 0 Å². The Labute approximate surface area is 211 Å². The van der Waals surface area contributed by atoms with E-state index in [-0.39, 0.29) is 6.54 Å². The van der Waals surface area contributed by atoms with Gasteiger partial charge >= 0.3 is 5.97 Å². The van der Waals surface area contributed by atoms with Gasteiger partial charge in [-0.2, -0.15) is 0 Å². The van der Waals surface area contributed by atoms with Crippen molar-refractivity contribution in [2.24, 2.45) is 5.73 Å². The molecule has 1 unspecified atom stereocenters. The second kappa shape index (κ2) is 11.7. The molecule has 5 heteroatoms. The molecule has 4 aromatic rings. The van der Waals surface area contributed by atoms with Crippen LogP contribution in [0.4, 0.5) is 0 Å². The minimum Gasteiger partial charge on any atom is -0.497 e. The van der Waals surface area contributed by atoms with Crippen LogP contribution in [0.3, 0.4) is 0 Å². The molecule has 4 rings (SSSR count). The molecule has 0 fully saturated rings. The minimum atomic E-state index is -0.510. The first kappa shape index (κ1) is 24.6. The van der Waals surface area contributed by atoms with Crippen molar-refractivity contribution in [2.45, 2.75) is 10.9 Å². The summed E-state index contributed by atoms with van der Waals surface area (Å²) in [6.07, 6.45) is -0.475. The van der Waals surface area contributed by atoms with Crippen LogP contribution in [0.25, 0.3) is 0 Å². The van der Waals surface area contributed by atoms with E-state index in [0.717, 1.165) is 28.0 Å². The molecule has 0 aromatic heterocycles. The van der Waals surface area contributed by atoms with Crippen molar-refractivity contribution in [1.82, 2.24) is 0 Å². The Morgan fingerprint density at radius 1 is 0.771 bits per heavy atom. The molecule has 4 nitrogen and oxygen atoms in total. The molecule has 0 saturated heterocycles. The van der Waals surface area contributed by atoms with Crippen molar-refractivity contribution in [3.8, 4) is 5.75 Å². The van der Waals surface area contributed by atoms with E-state index in [9.17, 15) is 4.79 Å². The molecular weight excluding hydrogens is 454 g/mol. The predicted molar refractivity (Wildman–Crippen MR) is 143 cm³/mol. The molecule has 0 saturated carbocycles. The number of rotatable bonds is 10. The maximum atomic E-state index is 12.3. The summed E-state index contributed by atoms with van der Waals surface area (Å²) in [7, 11) is 1.63. The van der Waals surface area contributed by atoms with Gasteiger partial charge in [0.15, 0.2) is 0 Å². The van der Waals surface area contributed by atoms with E-state index < -0.39 is 16.8 Å². The first-order chi connectivity index (χ1) is 17.2. The highest BCUT2D eigenvalue weighted by Crippen LogP contribution is 2.49. The molecule has 0 heterocycles. The molecule has 1 atom stereocenters. The average Bonchev–Trinajstić information content (AvgIpc) is 2.94. The van der Waals surface area contributed by atoms with E-state index in [2.05, 4.69) is 72.8 Å². The fourth-order valence-corrected chi connectivity index (χ4v) is 5.76. The lowest BCUT2D eigenvalue weighted by Crippen LogP contribution is -2.28. The third kappa shape index (κ3) is 5.59. The van der Waals surface area contributed by atoms with Gasteiger partial charge in [-0.05, 0) is 34.4 Å². The van der Waals surface area contributed by atoms with Gasteiger partial charge in [-0.1, -0.05) is 103 Å². The summed E-state index contributed by atoms with van der Waals surface area (Å²) in [5.41, 5.74) is 9.95. The first-order valence-corrected chi connectivity index (χ1v) is 12.5. The normalized spacial score (nSPS) is 12.1. The molecule has 0 aliphatic heterocycles. The molecule has 178 valence electrons. The fraction of sp³-hybridized carbons (Fsp3) is 0.167. The standard InChI is InChI=1S/C30H29NO3S/c1-33-27-19-17-23(18-20-27)28(34-29(32)21-31)22-35-30(24-11-5-2-6-12-24,25-13-7-3-8-14-25)26-15-9-4-10-16-26/h2-20,28H,21-22,31H2,1H3. The number of esters is 1. The molecule has 0 spiro atoms. The van der Waals surface area contributed by atoms with Crippen LogP contribution in [0.2, 0.25) is 0 Å². The van der Waals surface area contributed by atoms with Crippen molar-refractivity contribution < 1.29 is 14.3 Å². The Kier molecular flexibility index (Phi) is 8.24. The molecule has 0 aliphatic rings. The monoisotopic (exact) mass is 483 g/mol. The third-order valence-corrected chi connectivity index (χ3v) is 7.53. The summed E-state index contributed by atoms with van der Waals surface area (Å²) in [5, 5.41) is 0. The number of methoxy groups -OCH3 is 1. The predicted octanol–water partition coefficient (Wildman–Crippen LogP) is 5.96. The number of thioether (sulfide) groups is 1. The number of carbonyl (C=O) groups is 1. The van der Waals surface area contributed by atoms with Crippen molar-refractivity contribution in [1.29, 1.82) is 0 Å². The topological polar surface area (TPSA) is 61.5 Å². The highest BCUT2D eigenvalue weighted by atomic mass is 32.2. The van der Waals surface area contributed by atoms with Crippen LogP contribution in [0.1, 0.15) is 28.4 Å². The molecule has 0 bridgehead atoms. The lowest BCUT2D eigenvalue weighted by molar-refractivity contribution is -0.146. The number of hydrogen-bond acceptors (Lipinski definition) is 5. The van der Waals surface area contributed by atoms with Crippen LogP contribution in [0.15, 0.2) is 115 Å². The van der Waals surface area contributed by atoms with E-state index in [1.165, 1.54) is 0 Å². The maximum Gasteiger partial charge on any atom is 0.320 e. The van der Waals surface area contributed by atoms with E-state index >= 15 is 0 Å². The summed E-state index contributed by atoms with van der Waals surface area (Å²) in [6, 6.07) is 39.0. The summed E-state index contributed by atoms with van der Waals surface area (Å²) in [4.78, 5) is 12.3. The molecule has 0 aliphatic carbocycles. The average molecular weight is 484 g/mol. The molecule has 0 radical (unpaired) electrons. The summed E-state index contributed by atoms with van der Waals surface area (Å²) in [6.45, 7) is -0.168. The van der Waals surface area contributed by atoms with Crippen molar-refractivity contribution in [2.75, 3.05) is 19.4 Å². The Balaban J connectivity index is 1.80. The summed E-state index contributed by atoms with van der Waals surface area (Å²) < 4.78 is 10.6. The lowest BCUT2D eigenvalue weighted by atomic mass is 9.84. The third-order valence-electron chi connectivity index (χ3n) is 5.92. The van der Waals surface area contributed by atoms with Crippen LogP contribution < -0.4 is 10.5 Å². The number of ether oxygens (including phenoxy) is 2. The Morgan fingerprint density at radius 3 is 1.63 bits per heavy atom. The van der Waals surface area contributed by atoms with Crippen LogP contribution in [-0.4, -0.2) is 25.4 Å². The second-order valence-corrected chi connectivity index (χ2v) is 9.28. The fourth-order valence-electron chi connectivity index (χ4n) is 4.19. The molecule has 0 amide bonds. The smallest absolute Gasteiger partial charge is 0.320 e. The number of carbonyl (C=O) groups excluding carboxylic acids is 1. The highest BCUT2D eigenvalue weighted by Gasteiger charge is 2.38. The van der Waals surface area contributed by atoms with Crippen molar-refractivity contribution >= 4 is 17.7 Å². The molecule has 35 heavy (non-hydrogen) atoms. The van der Waals surface area contributed by atoms with Gasteiger partial charge in [0.1, 0.15) is 11.9 Å². The molecule has 4 aromatic carbocycles. The second-order valence-electron chi connectivity index (χ2n) is 8.05. The van der Waals surface area contributed by atoms with Gasteiger partial charge in [-0.3, -0.25) is 4.79 Å². The zero-order valence-electron chi connectivity index (χ0n) is 19.7. The molecule has 2 N–H and O–H groups in total. The quantitative estimate of drug-likeness (QED) is 0.223. The van der Waals surface area contributed by atoms with Gasteiger partial charge in [0, 0.05) is 5.75 Å². The van der Waals surface area contributed by atoms with Gasteiger partial charge in [-0.15, -0.1) is 11.8 Å². The van der Waals surface area contributed by atoms with Gasteiger partial charge in [0.05, 0.1) is 18.4 Å². The number of hydrogen-bond donors (Lipinski definition) is 1. The summed E-state index contributed by atoms with van der Waals surface area (Å²) >= 11 is 1.74. The lowest BCUT2D eigenvalue weighted by Gasteiger charge is -2.36. The minimum absolute atomic E-state index is 0.168. The highest BCUT2D eigenvalue weighted by molar-refractivity contribution is 8.00. The van der Waals surface area contributed by atoms with Crippen molar-refractivity contribution in [3.05, 3.63) is 138 Å². The Morgan fingerprint density at radius 2 is 1.23 bits per heavy atom. The van der Waals surface area contributed by atoms with E-state index in [1.54, 1.807) is 18.9 Å². The van der Waals surface area contributed by atoms with Gasteiger partial charge < -0.3 is 15.2 Å². The van der Waals surface area contributed by atoms with Crippen molar-refractivity contribution in [3.63, 3.8) is 0 Å². The van der Waals surface area contributed by atoms with E-state index in [1.807, 2.05) is 42.5 Å². The van der Waals surface area contributed by atoms with Gasteiger partial charge in [-0.25, -0.2) is 0 Å². The summed E-state index contributed by atoms with van der Waals surface area (Å²) in [5.74, 6) is 0.838. The van der Waals surface area contributed by atoms with E-state index in [0.29, 0.717) is 5.75 Å². The zero-order valence-corrected chi connectivity index (χ0v) is 20.5. The molecular formula is C30H29NO3S. The maximum absolute atomic E-state index is 12.3. The van der Waals surface area contributed by atoms with Crippen LogP contribution in [-0.2, 0) is 14.3 Å². The van der Waals surface area contributed by atoms with Crippen LogP contribution >= 0.6 is 11.8 Å². The largest absolute Gasteiger partial charge is 0.497 e. The van der Waals surface area contributed by atoms with E-state index in [4.69, 9.17) is 15.2 Å². The van der Waals surface area contributed by atoms with Crippen LogP contribution in [0.5, 0.6) is 5.75 Å². The zero-order chi connectivity index (χ0) is 24.5. The Hall–Kier alpha value is -3.54. The number of benzene rings is 4. The SMILES string of the molecule is COc1ccc(C(CSC(c2ccccc2)(c2ccccc2)c2ccccc2)OC(=O)CN)cc1. The Bertz CT molecular complexity index is 1100. The first-order valence-electron chi connectivity index (χ1n) is 11.5.